The van der Waals surface area contributed by atoms with E-state index in [-0.39, 0.29) is 17.9 Å². The maximum Gasteiger partial charge on any atom is 0.248 e. The number of carbonyl (C=O) groups excluding carboxylic acids is 1. The molecule has 0 bridgehead atoms. The quantitative estimate of drug-likeness (QED) is 0.694. The van der Waals surface area contributed by atoms with Crippen LogP contribution in [-0.2, 0) is 16.0 Å². The summed E-state index contributed by atoms with van der Waals surface area (Å²) in [6.45, 7) is 9.48. The van der Waals surface area contributed by atoms with Gasteiger partial charge in [0.2, 0.25) is 5.91 Å². The number of benzene rings is 1. The third-order valence-electron chi connectivity index (χ3n) is 5.97. The van der Waals surface area contributed by atoms with Crippen LogP contribution in [-0.4, -0.2) is 61.6 Å². The first-order valence-electron chi connectivity index (χ1n) is 10.2. The molecule has 1 aromatic carbocycles. The first kappa shape index (κ1) is 19.9. The second-order valence-electron chi connectivity index (χ2n) is 7.83. The summed E-state index contributed by atoms with van der Waals surface area (Å²) in [5, 5.41) is 0. The Morgan fingerprint density at radius 3 is 2.74 bits per heavy atom. The smallest absolute Gasteiger partial charge is 0.248 e. The van der Waals surface area contributed by atoms with Crippen LogP contribution in [0, 0.1) is 23.2 Å². The van der Waals surface area contributed by atoms with Gasteiger partial charge in [0.25, 0.3) is 0 Å². The van der Waals surface area contributed by atoms with E-state index in [1.165, 1.54) is 5.56 Å². The molecule has 0 N–H and O–H groups in total. The highest BCUT2D eigenvalue weighted by molar-refractivity contribution is 5.78. The van der Waals surface area contributed by atoms with E-state index in [2.05, 4.69) is 54.0 Å². The standard InChI is InChI=1S/C23H32N2O2/c1-3-5-9-14-24-15-21-16-25(22(26)17-27-4-2)19-23(21,18-24)13-12-20-10-7-6-8-11-20/h6-8,10-11,21H,3-4,12-19H2,1-2H3. The maximum absolute atomic E-state index is 12.5. The molecule has 2 aliphatic rings. The Morgan fingerprint density at radius 1 is 1.19 bits per heavy atom. The zero-order valence-electron chi connectivity index (χ0n) is 16.7. The van der Waals surface area contributed by atoms with Crippen molar-refractivity contribution >= 4 is 5.91 Å². The molecule has 1 aromatic rings. The Balaban J connectivity index is 1.68. The number of rotatable bonds is 7. The largest absolute Gasteiger partial charge is 0.372 e. The molecule has 2 aliphatic heterocycles. The summed E-state index contributed by atoms with van der Waals surface area (Å²) < 4.78 is 5.36. The van der Waals surface area contributed by atoms with Crippen LogP contribution >= 0.6 is 0 Å². The maximum atomic E-state index is 12.5. The van der Waals surface area contributed by atoms with E-state index in [9.17, 15) is 4.79 Å². The van der Waals surface area contributed by atoms with Crippen LogP contribution in [0.1, 0.15) is 32.3 Å². The molecule has 0 aromatic heterocycles. The van der Waals surface area contributed by atoms with Crippen molar-refractivity contribution < 1.29 is 9.53 Å². The van der Waals surface area contributed by atoms with Gasteiger partial charge in [-0.1, -0.05) is 43.2 Å². The van der Waals surface area contributed by atoms with Crippen molar-refractivity contribution in [2.75, 3.05) is 45.9 Å². The number of fused-ring (bicyclic) bond motifs is 1. The first-order chi connectivity index (χ1) is 13.2. The molecule has 2 heterocycles. The molecule has 0 radical (unpaired) electrons. The van der Waals surface area contributed by atoms with Crippen LogP contribution in [0.3, 0.4) is 0 Å². The fourth-order valence-corrected chi connectivity index (χ4v) is 4.57. The monoisotopic (exact) mass is 368 g/mol. The number of hydrogen-bond acceptors (Lipinski definition) is 3. The zero-order valence-corrected chi connectivity index (χ0v) is 16.7. The van der Waals surface area contributed by atoms with Gasteiger partial charge in [-0.05, 0) is 31.2 Å². The Kier molecular flexibility index (Phi) is 6.93. The van der Waals surface area contributed by atoms with Crippen molar-refractivity contribution in [3.63, 3.8) is 0 Å². The minimum Gasteiger partial charge on any atom is -0.372 e. The lowest BCUT2D eigenvalue weighted by Gasteiger charge is -2.29. The molecule has 1 amide bonds. The van der Waals surface area contributed by atoms with E-state index in [1.807, 2.05) is 11.8 Å². The number of aryl methyl sites for hydroxylation is 1. The lowest BCUT2D eigenvalue weighted by Crippen LogP contribution is -2.38. The van der Waals surface area contributed by atoms with Gasteiger partial charge >= 0.3 is 0 Å². The number of amides is 1. The van der Waals surface area contributed by atoms with Gasteiger partial charge in [0.15, 0.2) is 0 Å². The minimum absolute atomic E-state index is 0.141. The molecule has 0 spiro atoms. The minimum atomic E-state index is 0.141. The van der Waals surface area contributed by atoms with Crippen LogP contribution in [0.15, 0.2) is 30.3 Å². The van der Waals surface area contributed by atoms with Gasteiger partial charge < -0.3 is 9.64 Å². The highest BCUT2D eigenvalue weighted by Gasteiger charge is 2.52. The molecule has 2 unspecified atom stereocenters. The summed E-state index contributed by atoms with van der Waals surface area (Å²) in [6.07, 6.45) is 3.10. The van der Waals surface area contributed by atoms with E-state index >= 15 is 0 Å². The van der Waals surface area contributed by atoms with Gasteiger partial charge in [0.05, 0.1) is 6.54 Å². The van der Waals surface area contributed by atoms with Gasteiger partial charge in [-0.2, -0.15) is 0 Å². The molecule has 2 saturated heterocycles. The Morgan fingerprint density at radius 2 is 2.00 bits per heavy atom. The molecule has 146 valence electrons. The van der Waals surface area contributed by atoms with E-state index in [1.54, 1.807) is 0 Å². The van der Waals surface area contributed by atoms with Crippen LogP contribution in [0.5, 0.6) is 0 Å². The topological polar surface area (TPSA) is 32.8 Å². The van der Waals surface area contributed by atoms with E-state index in [0.29, 0.717) is 12.5 Å². The summed E-state index contributed by atoms with van der Waals surface area (Å²) >= 11 is 0. The van der Waals surface area contributed by atoms with Gasteiger partial charge in [-0.15, -0.1) is 5.92 Å². The third-order valence-corrected chi connectivity index (χ3v) is 5.97. The third kappa shape index (κ3) is 4.91. The summed E-state index contributed by atoms with van der Waals surface area (Å²) in [4.78, 5) is 17.0. The predicted molar refractivity (Wildman–Crippen MR) is 108 cm³/mol. The van der Waals surface area contributed by atoms with Crippen molar-refractivity contribution in [1.82, 2.24) is 9.80 Å². The fourth-order valence-electron chi connectivity index (χ4n) is 4.57. The average Bonchev–Trinajstić information content (AvgIpc) is 3.19. The van der Waals surface area contributed by atoms with Gasteiger partial charge in [-0.25, -0.2) is 0 Å². The second kappa shape index (κ2) is 9.39. The van der Waals surface area contributed by atoms with Crippen LogP contribution in [0.4, 0.5) is 0 Å². The van der Waals surface area contributed by atoms with Gasteiger partial charge in [-0.3, -0.25) is 9.69 Å². The van der Waals surface area contributed by atoms with Crippen molar-refractivity contribution in [3.05, 3.63) is 35.9 Å². The number of ether oxygens (including phenoxy) is 1. The second-order valence-corrected chi connectivity index (χ2v) is 7.83. The normalized spacial score (nSPS) is 24.5. The zero-order chi connectivity index (χ0) is 19.1. The number of likely N-dealkylation sites (tertiary alicyclic amines) is 2. The van der Waals surface area contributed by atoms with Crippen LogP contribution in [0.25, 0.3) is 0 Å². The lowest BCUT2D eigenvalue weighted by molar-refractivity contribution is -0.135. The Labute approximate surface area is 163 Å². The first-order valence-corrected chi connectivity index (χ1v) is 10.2. The average molecular weight is 369 g/mol. The summed E-state index contributed by atoms with van der Waals surface area (Å²) in [5.74, 6) is 7.16. The predicted octanol–water partition coefficient (Wildman–Crippen LogP) is 2.83. The highest BCUT2D eigenvalue weighted by atomic mass is 16.5. The molecular formula is C23H32N2O2. The van der Waals surface area contributed by atoms with Crippen molar-refractivity contribution in [1.29, 1.82) is 0 Å². The van der Waals surface area contributed by atoms with Crippen molar-refractivity contribution in [2.24, 2.45) is 11.3 Å². The van der Waals surface area contributed by atoms with E-state index in [4.69, 9.17) is 4.74 Å². The number of carbonyl (C=O) groups is 1. The van der Waals surface area contributed by atoms with Gasteiger partial charge in [0, 0.05) is 44.6 Å². The molecular weight excluding hydrogens is 336 g/mol. The summed E-state index contributed by atoms with van der Waals surface area (Å²) in [5.41, 5.74) is 1.57. The Bertz CT molecular complexity index is 679. The molecule has 2 fully saturated rings. The lowest BCUT2D eigenvalue weighted by atomic mass is 9.76. The van der Waals surface area contributed by atoms with E-state index in [0.717, 1.165) is 52.0 Å². The van der Waals surface area contributed by atoms with Crippen molar-refractivity contribution in [3.8, 4) is 11.8 Å². The molecule has 27 heavy (non-hydrogen) atoms. The van der Waals surface area contributed by atoms with Crippen LogP contribution < -0.4 is 0 Å². The number of nitrogens with zero attached hydrogens (tertiary/aromatic N) is 2. The van der Waals surface area contributed by atoms with Gasteiger partial charge in [0.1, 0.15) is 6.61 Å². The summed E-state index contributed by atoms with van der Waals surface area (Å²) in [7, 11) is 0. The highest BCUT2D eigenvalue weighted by Crippen LogP contribution is 2.45. The van der Waals surface area contributed by atoms with E-state index < -0.39 is 0 Å². The Hall–Kier alpha value is -1.83. The molecule has 0 saturated carbocycles. The molecule has 4 heteroatoms. The molecule has 3 rings (SSSR count). The molecule has 0 aliphatic carbocycles. The fraction of sp³-hybridized carbons (Fsp3) is 0.609. The summed E-state index contributed by atoms with van der Waals surface area (Å²) in [6, 6.07) is 10.7. The SMILES string of the molecule is CCC#CCN1CC2CN(C(=O)COCC)CC2(CCc2ccccc2)C1. The van der Waals surface area contributed by atoms with Crippen LogP contribution in [0.2, 0.25) is 0 Å². The van der Waals surface area contributed by atoms with Crippen molar-refractivity contribution in [2.45, 2.75) is 33.1 Å². The molecule has 2 atom stereocenters. The molecule has 4 nitrogen and oxygen atoms in total. The number of hydrogen-bond donors (Lipinski definition) is 0.